The van der Waals surface area contributed by atoms with E-state index < -0.39 is 0 Å². The second-order valence-corrected chi connectivity index (χ2v) is 9.20. The Balaban J connectivity index is 1.84. The van der Waals surface area contributed by atoms with E-state index >= 15 is 0 Å². The lowest BCUT2D eigenvalue weighted by Crippen LogP contribution is -2.20. The number of carbonyl (C=O) groups excluding carboxylic acids is 2. The van der Waals surface area contributed by atoms with Gasteiger partial charge in [-0.3, -0.25) is 14.9 Å². The minimum Gasteiger partial charge on any atom is -0.353 e. The fraction of sp³-hybridized carbons (Fsp3) is 0.120. The number of benzene rings is 3. The summed E-state index contributed by atoms with van der Waals surface area (Å²) in [5, 5.41) is 6.16. The third kappa shape index (κ3) is 2.10. The van der Waals surface area contributed by atoms with Gasteiger partial charge in [0.25, 0.3) is 11.8 Å². The van der Waals surface area contributed by atoms with Gasteiger partial charge in [0, 0.05) is 37.1 Å². The van der Waals surface area contributed by atoms with Gasteiger partial charge in [-0.2, -0.15) is 0 Å². The minimum absolute atomic E-state index is 0.210. The largest absolute Gasteiger partial charge is 0.353 e. The molecule has 0 saturated carbocycles. The molecule has 2 N–H and O–H groups in total. The van der Waals surface area contributed by atoms with Crippen LogP contribution >= 0.6 is 15.9 Å². The van der Waals surface area contributed by atoms with E-state index in [2.05, 4.69) is 49.0 Å². The number of allylic oxidation sites excluding steroid dienone is 2. The van der Waals surface area contributed by atoms with Crippen LogP contribution in [0.25, 0.3) is 43.6 Å². The SMILES string of the molecule is O=C1NC(=O)c2c1c1c3cc(Br)ccc3[nH]c1c1c2c2ccccc2n1C1C=CCC1. The summed E-state index contributed by atoms with van der Waals surface area (Å²) in [6.07, 6.45) is 6.51. The van der Waals surface area contributed by atoms with E-state index in [1.165, 1.54) is 0 Å². The summed E-state index contributed by atoms with van der Waals surface area (Å²) >= 11 is 3.56. The molecule has 3 heterocycles. The maximum atomic E-state index is 13.1. The van der Waals surface area contributed by atoms with Crippen molar-refractivity contribution in [3.8, 4) is 0 Å². The molecule has 3 aromatic carbocycles. The fourth-order valence-electron chi connectivity index (χ4n) is 5.47. The molecule has 1 aliphatic carbocycles. The van der Waals surface area contributed by atoms with Crippen molar-refractivity contribution in [2.75, 3.05) is 0 Å². The average molecular weight is 470 g/mol. The third-order valence-corrected chi connectivity index (χ3v) is 7.15. The van der Waals surface area contributed by atoms with Crippen LogP contribution < -0.4 is 5.32 Å². The highest BCUT2D eigenvalue weighted by atomic mass is 79.9. The zero-order valence-corrected chi connectivity index (χ0v) is 17.9. The second kappa shape index (κ2) is 5.86. The van der Waals surface area contributed by atoms with Gasteiger partial charge in [-0.1, -0.05) is 46.3 Å². The number of aromatic nitrogens is 2. The fourth-order valence-corrected chi connectivity index (χ4v) is 5.83. The van der Waals surface area contributed by atoms with Gasteiger partial charge in [0.2, 0.25) is 0 Å². The first-order valence-electron chi connectivity index (χ1n) is 10.4. The van der Waals surface area contributed by atoms with Crippen LogP contribution in [0.2, 0.25) is 0 Å². The molecule has 2 aliphatic rings. The molecule has 6 heteroatoms. The second-order valence-electron chi connectivity index (χ2n) is 8.28. The molecule has 5 nitrogen and oxygen atoms in total. The number of hydrogen-bond donors (Lipinski definition) is 2. The summed E-state index contributed by atoms with van der Waals surface area (Å²) in [6, 6.07) is 14.4. The summed E-state index contributed by atoms with van der Waals surface area (Å²) in [4.78, 5) is 29.6. The highest BCUT2D eigenvalue weighted by Gasteiger charge is 2.36. The monoisotopic (exact) mass is 469 g/mol. The summed E-state index contributed by atoms with van der Waals surface area (Å²) in [5.41, 5.74) is 4.88. The summed E-state index contributed by atoms with van der Waals surface area (Å²) in [6.45, 7) is 0. The number of fused-ring (bicyclic) bond motifs is 10. The Kier molecular flexibility index (Phi) is 3.27. The molecule has 2 aromatic heterocycles. The van der Waals surface area contributed by atoms with Crippen LogP contribution in [0.15, 0.2) is 59.1 Å². The lowest BCUT2D eigenvalue weighted by atomic mass is 9.96. The molecule has 5 aromatic rings. The van der Waals surface area contributed by atoms with E-state index in [0.717, 1.165) is 60.9 Å². The van der Waals surface area contributed by atoms with Crippen LogP contribution in [0.3, 0.4) is 0 Å². The Morgan fingerprint density at radius 1 is 0.968 bits per heavy atom. The molecule has 0 radical (unpaired) electrons. The Morgan fingerprint density at radius 2 is 1.77 bits per heavy atom. The van der Waals surface area contributed by atoms with Gasteiger partial charge in [0.1, 0.15) is 0 Å². The van der Waals surface area contributed by atoms with Crippen LogP contribution in [0.5, 0.6) is 0 Å². The number of aromatic amines is 1. The van der Waals surface area contributed by atoms with E-state index in [-0.39, 0.29) is 17.9 Å². The van der Waals surface area contributed by atoms with E-state index in [1.54, 1.807) is 0 Å². The number of hydrogen-bond acceptors (Lipinski definition) is 2. The number of amides is 2. The first-order valence-corrected chi connectivity index (χ1v) is 11.1. The zero-order valence-electron chi connectivity index (χ0n) is 16.3. The smallest absolute Gasteiger partial charge is 0.259 e. The predicted molar refractivity (Wildman–Crippen MR) is 126 cm³/mol. The van der Waals surface area contributed by atoms with Gasteiger partial charge in [0.15, 0.2) is 0 Å². The van der Waals surface area contributed by atoms with Crippen LogP contribution in [-0.4, -0.2) is 21.4 Å². The normalized spacial score (nSPS) is 18.2. The van der Waals surface area contributed by atoms with Crippen molar-refractivity contribution in [2.45, 2.75) is 18.9 Å². The van der Waals surface area contributed by atoms with Crippen molar-refractivity contribution in [1.29, 1.82) is 0 Å². The van der Waals surface area contributed by atoms with Crippen molar-refractivity contribution < 1.29 is 9.59 Å². The van der Waals surface area contributed by atoms with Crippen LogP contribution in [0.1, 0.15) is 39.6 Å². The standard InChI is InChI=1S/C25H16BrN3O2/c26-12-9-10-16-15(11-12)18-20-21(25(31)28-24(20)30)19-14-7-3-4-8-17(14)29(13-5-1-2-6-13)23(19)22(18)27-16/h1,3-5,7-11,13,27H,2,6H2,(H,28,30,31). The van der Waals surface area contributed by atoms with E-state index in [4.69, 9.17) is 0 Å². The van der Waals surface area contributed by atoms with Gasteiger partial charge in [-0.05, 0) is 37.1 Å². The molecule has 2 amide bonds. The summed E-state index contributed by atoms with van der Waals surface area (Å²) in [7, 11) is 0. The van der Waals surface area contributed by atoms with E-state index in [9.17, 15) is 9.59 Å². The first kappa shape index (κ1) is 17.3. The Morgan fingerprint density at radius 3 is 2.58 bits per heavy atom. The molecule has 7 rings (SSSR count). The highest BCUT2D eigenvalue weighted by Crippen LogP contribution is 2.45. The highest BCUT2D eigenvalue weighted by molar-refractivity contribution is 9.10. The Labute approximate surface area is 184 Å². The van der Waals surface area contributed by atoms with Crippen molar-refractivity contribution in [2.24, 2.45) is 0 Å². The molecule has 0 saturated heterocycles. The third-order valence-electron chi connectivity index (χ3n) is 6.66. The number of halogens is 1. The van der Waals surface area contributed by atoms with Gasteiger partial charge in [-0.25, -0.2) is 0 Å². The maximum absolute atomic E-state index is 13.1. The number of rotatable bonds is 1. The molecule has 0 spiro atoms. The summed E-state index contributed by atoms with van der Waals surface area (Å²) in [5.74, 6) is -0.647. The Hall–Kier alpha value is -3.38. The lowest BCUT2D eigenvalue weighted by Gasteiger charge is -2.15. The topological polar surface area (TPSA) is 66.9 Å². The zero-order chi connectivity index (χ0) is 20.9. The van der Waals surface area contributed by atoms with Gasteiger partial charge in [-0.15, -0.1) is 0 Å². The molecular weight excluding hydrogens is 454 g/mol. The molecular formula is C25H16BrN3O2. The number of nitrogens with zero attached hydrogens (tertiary/aromatic N) is 1. The van der Waals surface area contributed by atoms with Crippen molar-refractivity contribution in [3.63, 3.8) is 0 Å². The number of para-hydroxylation sites is 1. The summed E-state index contributed by atoms with van der Waals surface area (Å²) < 4.78 is 3.27. The van der Waals surface area contributed by atoms with Crippen molar-refractivity contribution in [3.05, 3.63) is 70.2 Å². The molecule has 150 valence electrons. The van der Waals surface area contributed by atoms with Crippen molar-refractivity contribution in [1.82, 2.24) is 14.9 Å². The van der Waals surface area contributed by atoms with Gasteiger partial charge >= 0.3 is 0 Å². The first-order chi connectivity index (χ1) is 15.1. The number of H-pyrrole nitrogens is 1. The van der Waals surface area contributed by atoms with E-state index in [0.29, 0.717) is 11.1 Å². The van der Waals surface area contributed by atoms with Crippen molar-refractivity contribution >= 4 is 71.4 Å². The lowest BCUT2D eigenvalue weighted by molar-refractivity contribution is 0.0880. The van der Waals surface area contributed by atoms with E-state index in [1.807, 2.05) is 36.4 Å². The molecule has 0 bridgehead atoms. The van der Waals surface area contributed by atoms with Crippen LogP contribution in [-0.2, 0) is 0 Å². The molecule has 31 heavy (non-hydrogen) atoms. The predicted octanol–water partition coefficient (Wildman–Crippen LogP) is 5.97. The van der Waals surface area contributed by atoms with Gasteiger partial charge < -0.3 is 9.55 Å². The van der Waals surface area contributed by atoms with Crippen LogP contribution in [0, 0.1) is 0 Å². The average Bonchev–Trinajstić information content (AvgIpc) is 3.51. The Bertz CT molecular complexity index is 1670. The quantitative estimate of drug-likeness (QED) is 0.234. The number of carbonyl (C=O) groups is 2. The molecule has 0 fully saturated rings. The minimum atomic E-state index is -0.328. The molecule has 1 atom stereocenters. The van der Waals surface area contributed by atoms with Gasteiger partial charge in [0.05, 0.1) is 28.2 Å². The molecule has 1 aliphatic heterocycles. The number of imide groups is 1. The van der Waals surface area contributed by atoms with Crippen LogP contribution in [0.4, 0.5) is 0 Å². The number of nitrogens with one attached hydrogen (secondary N) is 2. The molecule has 1 unspecified atom stereocenters. The maximum Gasteiger partial charge on any atom is 0.259 e.